The molecule has 4 heteroatoms. The maximum Gasteiger partial charge on any atom is 0.234 e. The minimum Gasteiger partial charge on any atom is -0.211 e. The third-order valence-corrected chi connectivity index (χ3v) is 0.713. The number of rotatable bonds is 5. The van der Waals surface area contributed by atoms with Crippen LogP contribution in [0.1, 0.15) is 15.6 Å². The van der Waals surface area contributed by atoms with Crippen LogP contribution in [0.25, 0.3) is 0 Å². The first-order valence-electron chi connectivity index (χ1n) is 3.84. The molecule has 10 heavy (non-hydrogen) atoms. The van der Waals surface area contributed by atoms with E-state index in [4.69, 9.17) is 2.74 Å². The third-order valence-electron chi connectivity index (χ3n) is 0.713. The number of aliphatic imine (C=N–C) groups is 2. The van der Waals surface area contributed by atoms with E-state index in [9.17, 15) is 9.59 Å². The fourth-order valence-corrected chi connectivity index (χ4v) is 0.353. The minimum atomic E-state index is -0.905. The number of hydrogen-bond acceptors (Lipinski definition) is 4. The molecule has 0 fully saturated rings. The van der Waals surface area contributed by atoms with Gasteiger partial charge in [-0.1, -0.05) is 0 Å². The fraction of sp³-hybridized carbons (Fsp3) is 0.667. The Kier molecular flexibility index (Phi) is 4.30. The average Bonchev–Trinajstić information content (AvgIpc) is 2.02. The van der Waals surface area contributed by atoms with E-state index in [1.807, 2.05) is 0 Å². The van der Waals surface area contributed by atoms with Gasteiger partial charge in [-0.2, -0.15) is 0 Å². The number of nitrogens with zero attached hydrogens (tertiary/aromatic N) is 2. The SMILES string of the molecule is [2H]C(CCC([2H])N=C=O)N=C=O. The average molecular weight is 142 g/mol. The largest absolute Gasteiger partial charge is 0.234 e. The van der Waals surface area contributed by atoms with Gasteiger partial charge >= 0.3 is 0 Å². The van der Waals surface area contributed by atoms with Crippen molar-refractivity contribution < 1.29 is 12.3 Å². The monoisotopic (exact) mass is 142 g/mol. The molecule has 0 aromatic carbocycles. The van der Waals surface area contributed by atoms with Gasteiger partial charge in [0.05, 0.1) is 15.8 Å². The van der Waals surface area contributed by atoms with Crippen LogP contribution in [0.5, 0.6) is 0 Å². The Labute approximate surface area is 61.5 Å². The molecule has 54 valence electrons. The third kappa shape index (κ3) is 6.76. The molecule has 0 aliphatic rings. The number of isocyanates is 2. The minimum absolute atomic E-state index is 0.217. The van der Waals surface area contributed by atoms with E-state index in [0.29, 0.717) is 0 Å². The van der Waals surface area contributed by atoms with Crippen molar-refractivity contribution >= 4 is 12.2 Å². The lowest BCUT2D eigenvalue weighted by Crippen LogP contribution is -1.84. The summed E-state index contributed by atoms with van der Waals surface area (Å²) in [7, 11) is 0. The van der Waals surface area contributed by atoms with Crippen LogP contribution in [0.2, 0.25) is 0 Å². The van der Waals surface area contributed by atoms with Crippen molar-refractivity contribution in [1.29, 1.82) is 0 Å². The van der Waals surface area contributed by atoms with Crippen LogP contribution >= 0.6 is 0 Å². The Bertz CT molecular complexity index is 198. The van der Waals surface area contributed by atoms with Crippen LogP contribution < -0.4 is 0 Å². The summed E-state index contributed by atoms with van der Waals surface area (Å²) in [4.78, 5) is 25.5. The zero-order valence-electron chi connectivity index (χ0n) is 7.28. The molecule has 2 unspecified atom stereocenters. The van der Waals surface area contributed by atoms with Gasteiger partial charge in [0.1, 0.15) is 0 Å². The zero-order valence-corrected chi connectivity index (χ0v) is 5.28. The summed E-state index contributed by atoms with van der Waals surface area (Å²) in [5.74, 6) is 0. The van der Waals surface area contributed by atoms with E-state index in [1.54, 1.807) is 0 Å². The molecule has 0 amide bonds. The first-order valence-corrected chi connectivity index (χ1v) is 2.69. The summed E-state index contributed by atoms with van der Waals surface area (Å²) in [5.41, 5.74) is 0. The van der Waals surface area contributed by atoms with Crippen molar-refractivity contribution in [2.45, 2.75) is 12.8 Å². The Hall–Kier alpha value is -1.24. The quantitative estimate of drug-likeness (QED) is 0.413. The smallest absolute Gasteiger partial charge is 0.211 e. The van der Waals surface area contributed by atoms with Gasteiger partial charge in [0.15, 0.2) is 0 Å². The maximum absolute atomic E-state index is 9.64. The highest BCUT2D eigenvalue weighted by molar-refractivity contribution is 5.33. The summed E-state index contributed by atoms with van der Waals surface area (Å²) in [6.45, 7) is -1.81. The number of hydrogen-bond donors (Lipinski definition) is 0. The molecule has 0 heterocycles. The lowest BCUT2D eigenvalue weighted by atomic mass is 10.3. The molecule has 4 nitrogen and oxygen atoms in total. The maximum atomic E-state index is 9.64. The molecule has 0 aromatic heterocycles. The molecule has 0 N–H and O–H groups in total. The second-order valence-corrected chi connectivity index (χ2v) is 1.38. The predicted octanol–water partition coefficient (Wildman–Crippen LogP) is 0.438. The summed E-state index contributed by atoms with van der Waals surface area (Å²) < 4.78 is 14.1. The van der Waals surface area contributed by atoms with E-state index in [-0.39, 0.29) is 12.8 Å². The first-order chi connectivity index (χ1) is 5.70. The van der Waals surface area contributed by atoms with Gasteiger partial charge in [-0.15, -0.1) is 0 Å². The van der Waals surface area contributed by atoms with Crippen LogP contribution in [0.4, 0.5) is 0 Å². The Morgan fingerprint density at radius 1 is 1.10 bits per heavy atom. The van der Waals surface area contributed by atoms with Crippen molar-refractivity contribution in [3.05, 3.63) is 0 Å². The van der Waals surface area contributed by atoms with Gasteiger partial charge in [-0.3, -0.25) is 0 Å². The van der Waals surface area contributed by atoms with Crippen LogP contribution in [0, 0.1) is 0 Å². The lowest BCUT2D eigenvalue weighted by molar-refractivity contribution is 0.559. The Balaban J connectivity index is 3.66. The highest BCUT2D eigenvalue weighted by atomic mass is 16.1. The van der Waals surface area contributed by atoms with Gasteiger partial charge in [-0.25, -0.2) is 19.6 Å². The Morgan fingerprint density at radius 3 is 1.80 bits per heavy atom. The summed E-state index contributed by atoms with van der Waals surface area (Å²) in [5, 5.41) is 0. The van der Waals surface area contributed by atoms with E-state index in [1.165, 1.54) is 12.2 Å². The highest BCUT2D eigenvalue weighted by Crippen LogP contribution is 1.88. The predicted molar refractivity (Wildman–Crippen MR) is 35.2 cm³/mol. The second kappa shape index (κ2) is 7.76. The molecule has 0 saturated carbocycles. The van der Waals surface area contributed by atoms with Gasteiger partial charge < -0.3 is 0 Å². The molecule has 0 rings (SSSR count). The van der Waals surface area contributed by atoms with Crippen molar-refractivity contribution in [2.24, 2.45) is 9.98 Å². The van der Waals surface area contributed by atoms with Gasteiger partial charge in [0.2, 0.25) is 12.2 Å². The summed E-state index contributed by atoms with van der Waals surface area (Å²) >= 11 is 0. The topological polar surface area (TPSA) is 58.9 Å². The molecule has 0 aromatic rings. The van der Waals surface area contributed by atoms with Gasteiger partial charge in [-0.05, 0) is 12.8 Å². The normalized spacial score (nSPS) is 16.8. The molecule has 0 spiro atoms. The second-order valence-electron chi connectivity index (χ2n) is 1.38. The van der Waals surface area contributed by atoms with E-state index < -0.39 is 13.0 Å². The molecular formula is C6H8N2O2. The van der Waals surface area contributed by atoms with E-state index >= 15 is 0 Å². The Morgan fingerprint density at radius 2 is 1.50 bits per heavy atom. The van der Waals surface area contributed by atoms with Crippen LogP contribution in [-0.4, -0.2) is 25.2 Å². The molecule has 2 atom stereocenters. The standard InChI is InChI=1S/C6H8N2O2/c9-5-7-3-1-2-4-8-6-10/h1-4H2/i3D,4D. The van der Waals surface area contributed by atoms with Crippen LogP contribution in [0.3, 0.4) is 0 Å². The van der Waals surface area contributed by atoms with Gasteiger partial charge in [0, 0.05) is 0 Å². The zero-order chi connectivity index (χ0) is 9.40. The fourth-order valence-electron chi connectivity index (χ4n) is 0.353. The molecule has 0 saturated heterocycles. The molecule has 0 aliphatic heterocycles. The van der Waals surface area contributed by atoms with Gasteiger partial charge in [0.25, 0.3) is 0 Å². The summed E-state index contributed by atoms with van der Waals surface area (Å²) in [6.07, 6.45) is 2.92. The molecule has 0 radical (unpaired) electrons. The van der Waals surface area contributed by atoms with E-state index in [0.717, 1.165) is 0 Å². The van der Waals surface area contributed by atoms with Crippen molar-refractivity contribution in [1.82, 2.24) is 0 Å². The summed E-state index contributed by atoms with van der Waals surface area (Å²) in [6, 6.07) is 0. The molecular weight excluding hydrogens is 132 g/mol. The number of carbonyl (C=O) groups excluding carboxylic acids is 2. The lowest BCUT2D eigenvalue weighted by Gasteiger charge is -1.87. The van der Waals surface area contributed by atoms with Crippen molar-refractivity contribution in [2.75, 3.05) is 13.0 Å². The molecule has 0 aliphatic carbocycles. The van der Waals surface area contributed by atoms with Crippen LogP contribution in [-0.2, 0) is 9.59 Å². The van der Waals surface area contributed by atoms with Crippen molar-refractivity contribution in [3.63, 3.8) is 0 Å². The van der Waals surface area contributed by atoms with E-state index in [2.05, 4.69) is 9.98 Å². The molecule has 0 bridgehead atoms. The van der Waals surface area contributed by atoms with Crippen molar-refractivity contribution in [3.8, 4) is 0 Å². The highest BCUT2D eigenvalue weighted by Gasteiger charge is 1.83. The van der Waals surface area contributed by atoms with Crippen LogP contribution in [0.15, 0.2) is 9.98 Å². The first kappa shape index (κ1) is 5.54.